The fraction of sp³-hybridized carbons (Fsp3) is 0.650. The smallest absolute Gasteiger partial charge is 0.395 e. The summed E-state index contributed by atoms with van der Waals surface area (Å²) in [5.41, 5.74) is -5.52. The van der Waals surface area contributed by atoms with Gasteiger partial charge in [0.05, 0.1) is 16.4 Å². The van der Waals surface area contributed by atoms with E-state index < -0.39 is 47.7 Å². The first-order chi connectivity index (χ1) is 12.7. The van der Waals surface area contributed by atoms with Crippen molar-refractivity contribution in [2.24, 2.45) is 10.8 Å². The number of carboxylic acid groups (broad SMARTS) is 1. The number of alkyl halides is 6. The van der Waals surface area contributed by atoms with Gasteiger partial charge in [0.1, 0.15) is 0 Å². The molecule has 1 aromatic rings. The summed E-state index contributed by atoms with van der Waals surface area (Å²) in [4.78, 5) is 12.3. The Balaban J connectivity index is 3.44. The van der Waals surface area contributed by atoms with Crippen LogP contribution in [0.15, 0.2) is 24.3 Å². The van der Waals surface area contributed by atoms with Gasteiger partial charge in [0.2, 0.25) is 0 Å². The molecule has 1 N–H and O–H groups in total. The standard InChI is InChI=1S/C20H27F6NO2/c1-16(2,19(21,22)23)11-18(5,6)27(12-17(3,4)20(24,25)26)14-9-7-13(8-10-14)15(28)29/h7-10H,11-12H2,1-6H3,(H,28,29). The van der Waals surface area contributed by atoms with Crippen LogP contribution >= 0.6 is 0 Å². The second kappa shape index (κ2) is 7.72. The normalized spacial score (nSPS) is 14.1. The monoisotopic (exact) mass is 427 g/mol. The van der Waals surface area contributed by atoms with Gasteiger partial charge in [0.25, 0.3) is 0 Å². The van der Waals surface area contributed by atoms with Crippen molar-refractivity contribution in [1.82, 2.24) is 0 Å². The third-order valence-corrected chi connectivity index (χ3v) is 5.12. The van der Waals surface area contributed by atoms with Crippen molar-refractivity contribution >= 4 is 11.7 Å². The summed E-state index contributed by atoms with van der Waals surface area (Å²) in [5, 5.41) is 9.02. The first kappa shape index (κ1) is 25.1. The van der Waals surface area contributed by atoms with Gasteiger partial charge < -0.3 is 10.0 Å². The largest absolute Gasteiger partial charge is 0.478 e. The third-order valence-electron chi connectivity index (χ3n) is 5.12. The SMILES string of the molecule is CC(C)(CC(C)(C)C(F)(F)F)N(CC(C)(C)C(F)(F)F)c1ccc(C(=O)O)cc1. The van der Waals surface area contributed by atoms with Crippen LogP contribution in [-0.2, 0) is 0 Å². The maximum Gasteiger partial charge on any atom is 0.395 e. The highest BCUT2D eigenvalue weighted by Crippen LogP contribution is 2.47. The Hall–Kier alpha value is -1.93. The minimum absolute atomic E-state index is 0.0720. The van der Waals surface area contributed by atoms with E-state index in [0.717, 1.165) is 27.7 Å². The van der Waals surface area contributed by atoms with E-state index in [9.17, 15) is 31.1 Å². The number of anilines is 1. The summed E-state index contributed by atoms with van der Waals surface area (Å²) >= 11 is 0. The first-order valence-electron chi connectivity index (χ1n) is 8.96. The molecule has 0 atom stereocenters. The molecule has 0 spiro atoms. The lowest BCUT2D eigenvalue weighted by Gasteiger charge is -2.48. The van der Waals surface area contributed by atoms with Crippen molar-refractivity contribution in [2.75, 3.05) is 11.4 Å². The maximum absolute atomic E-state index is 13.5. The zero-order valence-electron chi connectivity index (χ0n) is 17.3. The van der Waals surface area contributed by atoms with Gasteiger partial charge in [0, 0.05) is 17.8 Å². The quantitative estimate of drug-likeness (QED) is 0.503. The molecule has 0 aliphatic carbocycles. The number of carboxylic acids is 1. The zero-order valence-corrected chi connectivity index (χ0v) is 17.3. The molecule has 0 radical (unpaired) electrons. The molecule has 3 nitrogen and oxygen atoms in total. The first-order valence-corrected chi connectivity index (χ1v) is 8.96. The van der Waals surface area contributed by atoms with Gasteiger partial charge in [-0.3, -0.25) is 0 Å². The van der Waals surface area contributed by atoms with E-state index in [1.807, 2.05) is 0 Å². The van der Waals surface area contributed by atoms with Crippen molar-refractivity contribution in [1.29, 1.82) is 0 Å². The molecule has 0 heterocycles. The summed E-state index contributed by atoms with van der Waals surface area (Å²) < 4.78 is 80.8. The van der Waals surface area contributed by atoms with Crippen molar-refractivity contribution in [2.45, 2.75) is 65.9 Å². The highest BCUT2D eigenvalue weighted by molar-refractivity contribution is 5.88. The third kappa shape index (κ3) is 5.79. The highest BCUT2D eigenvalue weighted by atomic mass is 19.4. The second-order valence-corrected chi connectivity index (χ2v) is 9.19. The Morgan fingerprint density at radius 3 is 1.59 bits per heavy atom. The molecule has 0 unspecified atom stereocenters. The van der Waals surface area contributed by atoms with E-state index in [4.69, 9.17) is 5.11 Å². The molecule has 0 aliphatic heterocycles. The Morgan fingerprint density at radius 1 is 0.828 bits per heavy atom. The van der Waals surface area contributed by atoms with Crippen LogP contribution in [0.5, 0.6) is 0 Å². The van der Waals surface area contributed by atoms with Gasteiger partial charge in [-0.15, -0.1) is 0 Å². The number of carbonyl (C=O) groups is 1. The number of hydrogen-bond donors (Lipinski definition) is 1. The molecule has 166 valence electrons. The number of halogens is 6. The van der Waals surface area contributed by atoms with Crippen LogP contribution in [-0.4, -0.2) is 35.5 Å². The van der Waals surface area contributed by atoms with Crippen molar-refractivity contribution in [3.63, 3.8) is 0 Å². The molecule has 29 heavy (non-hydrogen) atoms. The second-order valence-electron chi connectivity index (χ2n) is 9.19. The van der Waals surface area contributed by atoms with Gasteiger partial charge >= 0.3 is 18.3 Å². The van der Waals surface area contributed by atoms with Crippen molar-refractivity contribution in [3.8, 4) is 0 Å². The van der Waals surface area contributed by atoms with E-state index in [2.05, 4.69) is 0 Å². The van der Waals surface area contributed by atoms with E-state index >= 15 is 0 Å². The Labute approximate surface area is 166 Å². The molecule has 1 rings (SSSR count). The molecular weight excluding hydrogens is 400 g/mol. The summed E-state index contributed by atoms with van der Waals surface area (Å²) in [6, 6.07) is 5.07. The van der Waals surface area contributed by atoms with Gasteiger partial charge in [-0.05, 0) is 58.4 Å². The van der Waals surface area contributed by atoms with E-state index in [0.29, 0.717) is 0 Å². The molecule has 0 aromatic heterocycles. The van der Waals surface area contributed by atoms with E-state index in [1.54, 1.807) is 0 Å². The molecule has 9 heteroatoms. The Morgan fingerprint density at radius 2 is 1.24 bits per heavy atom. The molecule has 0 aliphatic rings. The number of rotatable bonds is 7. The van der Waals surface area contributed by atoms with Crippen LogP contribution in [0, 0.1) is 10.8 Å². The number of aromatic carboxylic acids is 1. The predicted molar refractivity (Wildman–Crippen MR) is 99.1 cm³/mol. The zero-order chi connectivity index (χ0) is 23.1. The van der Waals surface area contributed by atoms with Crippen LogP contribution in [0.4, 0.5) is 32.0 Å². The van der Waals surface area contributed by atoms with Crippen LogP contribution in [0.25, 0.3) is 0 Å². The summed E-state index contributed by atoms with van der Waals surface area (Å²) in [7, 11) is 0. The van der Waals surface area contributed by atoms with Gasteiger partial charge in [-0.25, -0.2) is 4.79 Å². The minimum Gasteiger partial charge on any atom is -0.478 e. The molecular formula is C20H27F6NO2. The molecule has 0 saturated carbocycles. The molecule has 0 saturated heterocycles. The van der Waals surface area contributed by atoms with Crippen LogP contribution in [0.2, 0.25) is 0 Å². The van der Waals surface area contributed by atoms with Crippen molar-refractivity contribution < 1.29 is 36.2 Å². The van der Waals surface area contributed by atoms with Crippen LogP contribution < -0.4 is 4.90 Å². The summed E-state index contributed by atoms with van der Waals surface area (Å²) in [5.74, 6) is -1.21. The predicted octanol–water partition coefficient (Wildman–Crippen LogP) is 6.54. The lowest BCUT2D eigenvalue weighted by molar-refractivity contribution is -0.219. The fourth-order valence-electron chi connectivity index (χ4n) is 3.20. The summed E-state index contributed by atoms with van der Waals surface area (Å²) in [6.07, 6.45) is -9.58. The number of benzene rings is 1. The van der Waals surface area contributed by atoms with Gasteiger partial charge in [-0.2, -0.15) is 26.3 Å². The topological polar surface area (TPSA) is 40.5 Å². The van der Waals surface area contributed by atoms with Crippen LogP contribution in [0.1, 0.15) is 58.3 Å². The van der Waals surface area contributed by atoms with Crippen LogP contribution in [0.3, 0.4) is 0 Å². The van der Waals surface area contributed by atoms with E-state index in [-0.39, 0.29) is 11.3 Å². The fourth-order valence-corrected chi connectivity index (χ4v) is 3.20. The van der Waals surface area contributed by atoms with Gasteiger partial charge in [-0.1, -0.05) is 13.8 Å². The Kier molecular flexibility index (Phi) is 6.68. The molecule has 0 fully saturated rings. The lowest BCUT2D eigenvalue weighted by atomic mass is 9.77. The summed E-state index contributed by atoms with van der Waals surface area (Å²) in [6.45, 7) is 6.30. The molecule has 1 aromatic carbocycles. The van der Waals surface area contributed by atoms with Gasteiger partial charge in [0.15, 0.2) is 0 Å². The molecule has 0 bridgehead atoms. The maximum atomic E-state index is 13.5. The number of nitrogens with zero attached hydrogens (tertiary/aromatic N) is 1. The Bertz CT molecular complexity index is 718. The average molecular weight is 427 g/mol. The highest BCUT2D eigenvalue weighted by Gasteiger charge is 2.53. The van der Waals surface area contributed by atoms with Crippen molar-refractivity contribution in [3.05, 3.63) is 29.8 Å². The molecule has 0 amide bonds. The van der Waals surface area contributed by atoms with E-state index in [1.165, 1.54) is 43.0 Å². The average Bonchev–Trinajstić information content (AvgIpc) is 2.49. The lowest BCUT2D eigenvalue weighted by Crippen LogP contribution is -2.55. The minimum atomic E-state index is -4.58. The number of hydrogen-bond acceptors (Lipinski definition) is 2.